The fraction of sp³-hybridized carbons (Fsp3) is 0.909. The Morgan fingerprint density at radius 3 is 2.50 bits per heavy atom. The van der Waals surface area contributed by atoms with Gasteiger partial charge < -0.3 is 9.84 Å². The second-order valence-electron chi connectivity index (χ2n) is 4.83. The Kier molecular flexibility index (Phi) is 4.98. The summed E-state index contributed by atoms with van der Waals surface area (Å²) in [6.45, 7) is 0.180. The number of carboxylic acid groups (broad SMARTS) is 1. The van der Waals surface area contributed by atoms with Gasteiger partial charge in [-0.15, -0.1) is 0 Å². The maximum Gasteiger partial charge on any atom is 0.411 e. The molecule has 0 radical (unpaired) electrons. The van der Waals surface area contributed by atoms with E-state index in [1.165, 1.54) is 0 Å². The molecule has 0 bridgehead atoms. The number of carbonyl (C=O) groups is 1. The zero-order valence-electron chi connectivity index (χ0n) is 10.2. The van der Waals surface area contributed by atoms with Crippen LogP contribution >= 0.6 is 0 Å². The van der Waals surface area contributed by atoms with E-state index < -0.39 is 24.3 Å². The topological polar surface area (TPSA) is 58.6 Å². The van der Waals surface area contributed by atoms with E-state index in [0.29, 0.717) is 0 Å². The van der Waals surface area contributed by atoms with E-state index in [9.17, 15) is 18.0 Å². The quantitative estimate of drug-likeness (QED) is 0.661. The molecule has 1 saturated carbocycles. The largest absolute Gasteiger partial charge is 0.480 e. The molecule has 1 atom stereocenters. The normalized spacial score (nSPS) is 19.6. The van der Waals surface area contributed by atoms with E-state index in [-0.39, 0.29) is 25.5 Å². The minimum atomic E-state index is -4.33. The minimum Gasteiger partial charge on any atom is -0.480 e. The summed E-state index contributed by atoms with van der Waals surface area (Å²) >= 11 is 0. The number of hydrogen-bond donors (Lipinski definition) is 2. The summed E-state index contributed by atoms with van der Waals surface area (Å²) in [5.41, 5.74) is -1.08. The van der Waals surface area contributed by atoms with Crippen LogP contribution in [-0.4, -0.2) is 42.0 Å². The van der Waals surface area contributed by atoms with Crippen LogP contribution in [0.5, 0.6) is 0 Å². The fourth-order valence-corrected chi connectivity index (χ4v) is 1.63. The van der Waals surface area contributed by atoms with Crippen LogP contribution in [0.25, 0.3) is 0 Å². The lowest BCUT2D eigenvalue weighted by molar-refractivity contribution is -0.174. The maximum absolute atomic E-state index is 11.8. The van der Waals surface area contributed by atoms with Gasteiger partial charge in [-0.05, 0) is 32.6 Å². The first-order valence-corrected chi connectivity index (χ1v) is 5.88. The SMILES string of the molecule is CC(CCCOCC(F)(F)F)(NC1CC1)C(=O)O. The van der Waals surface area contributed by atoms with E-state index in [4.69, 9.17) is 5.11 Å². The summed E-state index contributed by atoms with van der Waals surface area (Å²) in [4.78, 5) is 11.1. The molecule has 0 aromatic heterocycles. The molecule has 1 aliphatic rings. The fourth-order valence-electron chi connectivity index (χ4n) is 1.63. The van der Waals surface area contributed by atoms with Gasteiger partial charge in [0.15, 0.2) is 0 Å². The molecule has 1 aliphatic carbocycles. The first-order valence-electron chi connectivity index (χ1n) is 5.88. The molecule has 0 aromatic carbocycles. The van der Waals surface area contributed by atoms with Crippen LogP contribution in [0.1, 0.15) is 32.6 Å². The molecular weight excluding hydrogens is 251 g/mol. The van der Waals surface area contributed by atoms with Crippen molar-refractivity contribution in [3.63, 3.8) is 0 Å². The maximum atomic E-state index is 11.8. The second-order valence-corrected chi connectivity index (χ2v) is 4.83. The van der Waals surface area contributed by atoms with Gasteiger partial charge in [0.2, 0.25) is 0 Å². The predicted molar refractivity (Wildman–Crippen MR) is 58.3 cm³/mol. The summed E-state index contributed by atoms with van der Waals surface area (Å²) in [6, 6.07) is 0.224. The van der Waals surface area contributed by atoms with E-state index >= 15 is 0 Å². The van der Waals surface area contributed by atoms with Gasteiger partial charge >= 0.3 is 12.1 Å². The van der Waals surface area contributed by atoms with Crippen LogP contribution < -0.4 is 5.32 Å². The van der Waals surface area contributed by atoms with Crippen molar-refractivity contribution in [3.8, 4) is 0 Å². The highest BCUT2D eigenvalue weighted by atomic mass is 19.4. The van der Waals surface area contributed by atoms with E-state index in [0.717, 1.165) is 12.8 Å². The third kappa shape index (κ3) is 5.68. The van der Waals surface area contributed by atoms with Gasteiger partial charge in [-0.2, -0.15) is 13.2 Å². The van der Waals surface area contributed by atoms with Gasteiger partial charge in [-0.25, -0.2) is 0 Å². The van der Waals surface area contributed by atoms with Crippen molar-refractivity contribution in [2.24, 2.45) is 0 Å². The molecule has 106 valence electrons. The Balaban J connectivity index is 2.23. The molecule has 1 rings (SSSR count). The lowest BCUT2D eigenvalue weighted by Gasteiger charge is -2.26. The van der Waals surface area contributed by atoms with Crippen molar-refractivity contribution < 1.29 is 27.8 Å². The molecule has 0 saturated heterocycles. The molecule has 1 fully saturated rings. The third-order valence-corrected chi connectivity index (χ3v) is 2.80. The molecule has 7 heteroatoms. The van der Waals surface area contributed by atoms with Crippen LogP contribution in [0.3, 0.4) is 0 Å². The van der Waals surface area contributed by atoms with Crippen LogP contribution in [0.4, 0.5) is 13.2 Å². The Morgan fingerprint density at radius 2 is 2.06 bits per heavy atom. The van der Waals surface area contributed by atoms with Crippen molar-refractivity contribution in [2.75, 3.05) is 13.2 Å². The van der Waals surface area contributed by atoms with Gasteiger partial charge in [0.25, 0.3) is 0 Å². The van der Waals surface area contributed by atoms with Gasteiger partial charge in [0, 0.05) is 12.6 Å². The molecule has 0 spiro atoms. The molecule has 4 nitrogen and oxygen atoms in total. The number of nitrogens with one attached hydrogen (secondary N) is 1. The number of ether oxygens (including phenoxy) is 1. The molecule has 1 unspecified atom stereocenters. The number of alkyl halides is 3. The molecule has 0 heterocycles. The third-order valence-electron chi connectivity index (χ3n) is 2.80. The van der Waals surface area contributed by atoms with Gasteiger partial charge in [-0.1, -0.05) is 0 Å². The van der Waals surface area contributed by atoms with E-state index in [2.05, 4.69) is 10.1 Å². The molecule has 0 aromatic rings. The summed E-state index contributed by atoms with van der Waals surface area (Å²) in [6.07, 6.45) is -1.90. The van der Waals surface area contributed by atoms with Gasteiger partial charge in [0.05, 0.1) is 0 Å². The number of aliphatic carboxylic acids is 1. The predicted octanol–water partition coefficient (Wildman–Crippen LogP) is 1.94. The minimum absolute atomic E-state index is 0.0886. The summed E-state index contributed by atoms with van der Waals surface area (Å²) in [5, 5.41) is 12.1. The van der Waals surface area contributed by atoms with Crippen molar-refractivity contribution in [1.82, 2.24) is 5.32 Å². The van der Waals surface area contributed by atoms with Crippen molar-refractivity contribution >= 4 is 5.97 Å². The smallest absolute Gasteiger partial charge is 0.411 e. The lowest BCUT2D eigenvalue weighted by atomic mass is 9.96. The first-order chi connectivity index (χ1) is 8.23. The average molecular weight is 269 g/mol. The molecular formula is C11H18F3NO3. The van der Waals surface area contributed by atoms with E-state index in [1.807, 2.05) is 0 Å². The second kappa shape index (κ2) is 5.88. The van der Waals surface area contributed by atoms with Crippen LogP contribution in [0.15, 0.2) is 0 Å². The molecule has 0 aliphatic heterocycles. The van der Waals surface area contributed by atoms with Crippen LogP contribution in [0, 0.1) is 0 Å². The number of halogens is 3. The Morgan fingerprint density at radius 1 is 1.44 bits per heavy atom. The van der Waals surface area contributed by atoms with Crippen molar-refractivity contribution in [3.05, 3.63) is 0 Å². The zero-order valence-corrected chi connectivity index (χ0v) is 10.2. The van der Waals surface area contributed by atoms with Crippen LogP contribution in [0.2, 0.25) is 0 Å². The van der Waals surface area contributed by atoms with Gasteiger partial charge in [-0.3, -0.25) is 10.1 Å². The monoisotopic (exact) mass is 269 g/mol. The Hall–Kier alpha value is -0.820. The highest BCUT2D eigenvalue weighted by molar-refractivity contribution is 5.78. The highest BCUT2D eigenvalue weighted by Crippen LogP contribution is 2.25. The van der Waals surface area contributed by atoms with Gasteiger partial charge in [0.1, 0.15) is 12.1 Å². The molecule has 18 heavy (non-hydrogen) atoms. The lowest BCUT2D eigenvalue weighted by Crippen LogP contribution is -2.50. The Bertz CT molecular complexity index is 292. The first kappa shape index (κ1) is 15.2. The summed E-state index contributed by atoms with van der Waals surface area (Å²) in [7, 11) is 0. The van der Waals surface area contributed by atoms with Crippen molar-refractivity contribution in [2.45, 2.75) is 50.4 Å². The molecule has 0 amide bonds. The van der Waals surface area contributed by atoms with E-state index in [1.54, 1.807) is 6.92 Å². The standard InChI is InChI=1S/C11H18F3NO3/c1-10(9(16)17,15-8-3-4-8)5-2-6-18-7-11(12,13)14/h8,15H,2-7H2,1H3,(H,16,17). The van der Waals surface area contributed by atoms with Crippen molar-refractivity contribution in [1.29, 1.82) is 0 Å². The summed E-state index contributed by atoms with van der Waals surface area (Å²) < 4.78 is 39.8. The highest BCUT2D eigenvalue weighted by Gasteiger charge is 2.38. The number of rotatable bonds is 8. The number of hydrogen-bond acceptors (Lipinski definition) is 3. The zero-order chi connectivity index (χ0) is 13.8. The Labute approximate surface area is 103 Å². The number of carboxylic acids is 1. The van der Waals surface area contributed by atoms with Crippen LogP contribution in [-0.2, 0) is 9.53 Å². The average Bonchev–Trinajstić information content (AvgIpc) is 2.99. The summed E-state index contributed by atoms with van der Waals surface area (Å²) in [5.74, 6) is -0.981. The molecule has 2 N–H and O–H groups in total.